The molecule has 0 aliphatic carbocycles. The predicted octanol–water partition coefficient (Wildman–Crippen LogP) is 1.45. The summed E-state index contributed by atoms with van der Waals surface area (Å²) < 4.78 is 0. The van der Waals surface area contributed by atoms with Crippen LogP contribution in [0.4, 0.5) is 11.8 Å². The Hall–Kier alpha value is -2.83. The van der Waals surface area contributed by atoms with Gasteiger partial charge in [-0.25, -0.2) is 24.9 Å². The van der Waals surface area contributed by atoms with E-state index in [9.17, 15) is 0 Å². The quantitative estimate of drug-likeness (QED) is 0.709. The van der Waals surface area contributed by atoms with Crippen LogP contribution in [-0.4, -0.2) is 51.1 Å². The number of aryl methyl sites for hydroxylation is 1. The standard InChI is InChI=1S/C16H17N7/c1-12-4-6-18-16(21-12)23-9-7-22(8-10-23)15-13-3-2-5-17-14(13)19-11-20-15/h2-6,11H,7-10H2,1H3. The van der Waals surface area contributed by atoms with Gasteiger partial charge in [0.2, 0.25) is 5.95 Å². The Kier molecular flexibility index (Phi) is 3.45. The Balaban J connectivity index is 1.55. The van der Waals surface area contributed by atoms with E-state index in [1.165, 1.54) is 0 Å². The Morgan fingerprint density at radius 3 is 2.52 bits per heavy atom. The molecule has 3 aromatic heterocycles. The van der Waals surface area contributed by atoms with Gasteiger partial charge >= 0.3 is 0 Å². The first-order valence-corrected chi connectivity index (χ1v) is 7.66. The van der Waals surface area contributed by atoms with Gasteiger partial charge in [-0.3, -0.25) is 0 Å². The average molecular weight is 307 g/mol. The summed E-state index contributed by atoms with van der Waals surface area (Å²) in [5.41, 5.74) is 1.73. The molecule has 1 saturated heterocycles. The van der Waals surface area contributed by atoms with Gasteiger partial charge in [0.25, 0.3) is 0 Å². The lowest BCUT2D eigenvalue weighted by Crippen LogP contribution is -2.47. The zero-order chi connectivity index (χ0) is 15.6. The topological polar surface area (TPSA) is 70.9 Å². The van der Waals surface area contributed by atoms with Crippen molar-refractivity contribution >= 4 is 22.8 Å². The molecule has 1 aliphatic heterocycles. The number of nitrogens with zero attached hydrogens (tertiary/aromatic N) is 7. The fraction of sp³-hybridized carbons (Fsp3) is 0.312. The highest BCUT2D eigenvalue weighted by Gasteiger charge is 2.21. The van der Waals surface area contributed by atoms with E-state index < -0.39 is 0 Å². The zero-order valence-corrected chi connectivity index (χ0v) is 12.9. The zero-order valence-electron chi connectivity index (χ0n) is 12.9. The van der Waals surface area contributed by atoms with Crippen LogP contribution in [0.2, 0.25) is 0 Å². The van der Waals surface area contributed by atoms with Gasteiger partial charge in [0.15, 0.2) is 5.65 Å². The summed E-state index contributed by atoms with van der Waals surface area (Å²) in [5, 5.41) is 0.996. The van der Waals surface area contributed by atoms with Crippen molar-refractivity contribution in [2.75, 3.05) is 36.0 Å². The van der Waals surface area contributed by atoms with Crippen LogP contribution < -0.4 is 9.80 Å². The van der Waals surface area contributed by atoms with Gasteiger partial charge in [-0.15, -0.1) is 0 Å². The lowest BCUT2D eigenvalue weighted by atomic mass is 10.2. The molecule has 0 spiro atoms. The Morgan fingerprint density at radius 1 is 0.870 bits per heavy atom. The fourth-order valence-electron chi connectivity index (χ4n) is 2.84. The lowest BCUT2D eigenvalue weighted by molar-refractivity contribution is 0.635. The van der Waals surface area contributed by atoms with E-state index in [2.05, 4.69) is 34.7 Å². The molecule has 0 bridgehead atoms. The van der Waals surface area contributed by atoms with E-state index in [1.807, 2.05) is 31.3 Å². The SMILES string of the molecule is Cc1ccnc(N2CCN(c3ncnc4ncccc34)CC2)n1. The third kappa shape index (κ3) is 2.65. The molecule has 0 atom stereocenters. The second-order valence-corrected chi connectivity index (χ2v) is 5.54. The van der Waals surface area contributed by atoms with Crippen molar-refractivity contribution < 1.29 is 0 Å². The lowest BCUT2D eigenvalue weighted by Gasteiger charge is -2.35. The first-order valence-electron chi connectivity index (χ1n) is 7.66. The van der Waals surface area contributed by atoms with E-state index in [1.54, 1.807) is 12.5 Å². The molecule has 7 nitrogen and oxygen atoms in total. The number of aromatic nitrogens is 5. The minimum atomic E-state index is 0.738. The fourth-order valence-corrected chi connectivity index (χ4v) is 2.84. The minimum absolute atomic E-state index is 0.738. The van der Waals surface area contributed by atoms with Crippen molar-refractivity contribution in [1.29, 1.82) is 0 Å². The van der Waals surface area contributed by atoms with E-state index in [-0.39, 0.29) is 0 Å². The van der Waals surface area contributed by atoms with Crippen LogP contribution in [0.25, 0.3) is 11.0 Å². The molecular weight excluding hydrogens is 290 g/mol. The highest BCUT2D eigenvalue weighted by molar-refractivity contribution is 5.86. The molecular formula is C16H17N7. The minimum Gasteiger partial charge on any atom is -0.352 e. The number of fused-ring (bicyclic) bond motifs is 1. The third-order valence-electron chi connectivity index (χ3n) is 4.03. The van der Waals surface area contributed by atoms with E-state index >= 15 is 0 Å². The maximum Gasteiger partial charge on any atom is 0.225 e. The highest BCUT2D eigenvalue weighted by Crippen LogP contribution is 2.23. The number of anilines is 2. The van der Waals surface area contributed by atoms with Crippen LogP contribution in [0.15, 0.2) is 36.9 Å². The summed E-state index contributed by atoms with van der Waals surface area (Å²) in [6, 6.07) is 5.86. The van der Waals surface area contributed by atoms with Crippen molar-refractivity contribution in [3.8, 4) is 0 Å². The molecule has 1 fully saturated rings. The molecule has 0 aromatic carbocycles. The van der Waals surface area contributed by atoms with Gasteiger partial charge in [-0.1, -0.05) is 0 Å². The molecule has 0 saturated carbocycles. The molecule has 7 heteroatoms. The average Bonchev–Trinajstić information content (AvgIpc) is 2.61. The van der Waals surface area contributed by atoms with Crippen molar-refractivity contribution in [3.05, 3.63) is 42.6 Å². The largest absolute Gasteiger partial charge is 0.352 e. The molecule has 0 N–H and O–H groups in total. The molecule has 0 amide bonds. The molecule has 23 heavy (non-hydrogen) atoms. The first-order chi connectivity index (χ1) is 11.3. The second-order valence-electron chi connectivity index (χ2n) is 5.54. The number of pyridine rings is 1. The Morgan fingerprint density at radius 2 is 1.70 bits per heavy atom. The van der Waals surface area contributed by atoms with Gasteiger partial charge in [0.1, 0.15) is 12.1 Å². The molecule has 116 valence electrons. The number of hydrogen-bond donors (Lipinski definition) is 0. The van der Waals surface area contributed by atoms with Crippen molar-refractivity contribution in [1.82, 2.24) is 24.9 Å². The number of hydrogen-bond acceptors (Lipinski definition) is 7. The highest BCUT2D eigenvalue weighted by atomic mass is 15.3. The molecule has 0 radical (unpaired) electrons. The van der Waals surface area contributed by atoms with Crippen LogP contribution in [0.3, 0.4) is 0 Å². The summed E-state index contributed by atoms with van der Waals surface area (Å²) in [5.74, 6) is 1.76. The summed E-state index contributed by atoms with van der Waals surface area (Å²) >= 11 is 0. The number of rotatable bonds is 2. The molecule has 3 aromatic rings. The summed E-state index contributed by atoms with van der Waals surface area (Å²) in [4.78, 5) is 26.4. The first kappa shape index (κ1) is 13.8. The van der Waals surface area contributed by atoms with Crippen molar-refractivity contribution in [3.63, 3.8) is 0 Å². The molecule has 4 rings (SSSR count). The van der Waals surface area contributed by atoms with E-state index in [0.717, 1.165) is 54.7 Å². The van der Waals surface area contributed by atoms with E-state index in [0.29, 0.717) is 0 Å². The predicted molar refractivity (Wildman–Crippen MR) is 88.5 cm³/mol. The summed E-state index contributed by atoms with van der Waals surface area (Å²) in [6.45, 7) is 5.47. The van der Waals surface area contributed by atoms with Gasteiger partial charge in [-0.05, 0) is 25.1 Å². The van der Waals surface area contributed by atoms with Gasteiger partial charge in [0, 0.05) is 44.3 Å². The monoisotopic (exact) mass is 307 g/mol. The van der Waals surface area contributed by atoms with Crippen molar-refractivity contribution in [2.45, 2.75) is 6.92 Å². The second kappa shape index (κ2) is 5.75. The summed E-state index contributed by atoms with van der Waals surface area (Å²) in [6.07, 6.45) is 5.15. The van der Waals surface area contributed by atoms with Gasteiger partial charge < -0.3 is 9.80 Å². The molecule has 0 unspecified atom stereocenters. The number of piperazine rings is 1. The molecule has 4 heterocycles. The normalized spacial score (nSPS) is 15.2. The van der Waals surface area contributed by atoms with Gasteiger partial charge in [-0.2, -0.15) is 0 Å². The van der Waals surface area contributed by atoms with Gasteiger partial charge in [0.05, 0.1) is 5.39 Å². The maximum atomic E-state index is 4.51. The van der Waals surface area contributed by atoms with Crippen molar-refractivity contribution in [2.24, 2.45) is 0 Å². The summed E-state index contributed by atoms with van der Waals surface area (Å²) in [7, 11) is 0. The Labute approximate surface area is 134 Å². The van der Waals surface area contributed by atoms with Crippen LogP contribution in [0, 0.1) is 6.92 Å². The smallest absolute Gasteiger partial charge is 0.225 e. The third-order valence-corrected chi connectivity index (χ3v) is 4.03. The Bertz CT molecular complexity index is 822. The maximum absolute atomic E-state index is 4.51. The molecule has 1 aliphatic rings. The van der Waals surface area contributed by atoms with Crippen LogP contribution in [-0.2, 0) is 0 Å². The van der Waals surface area contributed by atoms with E-state index in [4.69, 9.17) is 0 Å². The van der Waals surface area contributed by atoms with Crippen LogP contribution >= 0.6 is 0 Å². The van der Waals surface area contributed by atoms with Crippen LogP contribution in [0.1, 0.15) is 5.69 Å². The van der Waals surface area contributed by atoms with Crippen LogP contribution in [0.5, 0.6) is 0 Å².